The molecule has 0 bridgehead atoms. The number of Topliss-reactive ketones (excluding diaryl/α,β-unsaturated/α-hetero) is 1. The van der Waals surface area contributed by atoms with Gasteiger partial charge in [-0.25, -0.2) is 0 Å². The SMILES string of the molecule is O=C(O)CCC(=O)C(Cc1ccc(OCc2ccccc2)cc1)NC(=O)c1ccccc1. The molecule has 2 N–H and O–H groups in total. The first-order chi connectivity index (χ1) is 15.5. The lowest BCUT2D eigenvalue weighted by Gasteiger charge is -2.18. The highest BCUT2D eigenvalue weighted by Gasteiger charge is 2.22. The van der Waals surface area contributed by atoms with Crippen LogP contribution in [-0.4, -0.2) is 28.8 Å². The van der Waals surface area contributed by atoms with Crippen molar-refractivity contribution < 1.29 is 24.2 Å². The summed E-state index contributed by atoms with van der Waals surface area (Å²) in [6.45, 7) is 0.448. The summed E-state index contributed by atoms with van der Waals surface area (Å²) in [6.07, 6.45) is -0.161. The van der Waals surface area contributed by atoms with E-state index in [4.69, 9.17) is 9.84 Å². The average molecular weight is 431 g/mol. The van der Waals surface area contributed by atoms with Crippen molar-refractivity contribution >= 4 is 17.7 Å². The lowest BCUT2D eigenvalue weighted by Crippen LogP contribution is -2.42. The summed E-state index contributed by atoms with van der Waals surface area (Å²) in [7, 11) is 0. The average Bonchev–Trinajstić information content (AvgIpc) is 2.82. The number of rotatable bonds is 11. The fourth-order valence-corrected chi connectivity index (χ4v) is 3.18. The minimum atomic E-state index is -1.05. The first-order valence-corrected chi connectivity index (χ1v) is 10.4. The molecule has 0 saturated carbocycles. The highest BCUT2D eigenvalue weighted by Crippen LogP contribution is 2.16. The quantitative estimate of drug-likeness (QED) is 0.478. The summed E-state index contributed by atoms with van der Waals surface area (Å²) in [6, 6.07) is 24.9. The summed E-state index contributed by atoms with van der Waals surface area (Å²) in [5.74, 6) is -1.05. The summed E-state index contributed by atoms with van der Waals surface area (Å²) in [5.41, 5.74) is 2.33. The zero-order valence-corrected chi connectivity index (χ0v) is 17.6. The lowest BCUT2D eigenvalue weighted by atomic mass is 9.99. The summed E-state index contributed by atoms with van der Waals surface area (Å²) in [5, 5.41) is 11.7. The van der Waals surface area contributed by atoms with E-state index in [1.54, 1.807) is 30.3 Å². The van der Waals surface area contributed by atoms with Crippen molar-refractivity contribution in [3.05, 3.63) is 102 Å². The minimum absolute atomic E-state index is 0.145. The zero-order chi connectivity index (χ0) is 22.8. The molecule has 0 saturated heterocycles. The highest BCUT2D eigenvalue weighted by atomic mass is 16.5. The molecular formula is C26H25NO5. The molecule has 0 radical (unpaired) electrons. The van der Waals surface area contributed by atoms with Crippen molar-refractivity contribution in [2.45, 2.75) is 31.9 Å². The molecule has 32 heavy (non-hydrogen) atoms. The maximum absolute atomic E-state index is 12.6. The monoisotopic (exact) mass is 431 g/mol. The number of benzene rings is 3. The van der Waals surface area contributed by atoms with E-state index >= 15 is 0 Å². The van der Waals surface area contributed by atoms with Crippen LogP contribution < -0.4 is 10.1 Å². The van der Waals surface area contributed by atoms with Crippen LogP contribution in [0, 0.1) is 0 Å². The van der Waals surface area contributed by atoms with Gasteiger partial charge in [-0.15, -0.1) is 0 Å². The molecule has 0 aliphatic rings. The standard InChI is InChI=1S/C26H25NO5/c28-24(15-16-25(29)30)23(27-26(31)21-9-5-2-6-10-21)17-19-11-13-22(14-12-19)32-18-20-7-3-1-4-8-20/h1-14,23H,15-18H2,(H,27,31)(H,29,30). The van der Waals surface area contributed by atoms with Gasteiger partial charge in [0.15, 0.2) is 5.78 Å². The topological polar surface area (TPSA) is 92.7 Å². The second-order valence-corrected chi connectivity index (χ2v) is 7.37. The van der Waals surface area contributed by atoms with Gasteiger partial charge in [0, 0.05) is 12.0 Å². The van der Waals surface area contributed by atoms with Gasteiger partial charge in [-0.1, -0.05) is 60.7 Å². The second-order valence-electron chi connectivity index (χ2n) is 7.37. The first-order valence-electron chi connectivity index (χ1n) is 10.4. The zero-order valence-electron chi connectivity index (χ0n) is 17.6. The Morgan fingerprint density at radius 2 is 1.41 bits per heavy atom. The van der Waals surface area contributed by atoms with E-state index in [-0.39, 0.29) is 31.0 Å². The molecule has 1 amide bonds. The normalized spacial score (nSPS) is 11.4. The van der Waals surface area contributed by atoms with Crippen LogP contribution in [0.1, 0.15) is 34.3 Å². The molecule has 0 aromatic heterocycles. The fraction of sp³-hybridized carbons (Fsp3) is 0.192. The van der Waals surface area contributed by atoms with E-state index in [2.05, 4.69) is 5.32 Å². The number of carboxylic acids is 1. The molecule has 164 valence electrons. The maximum atomic E-state index is 12.6. The molecule has 3 aromatic carbocycles. The van der Waals surface area contributed by atoms with Gasteiger partial charge in [-0.05, 0) is 41.8 Å². The van der Waals surface area contributed by atoms with Gasteiger partial charge in [0.05, 0.1) is 12.5 Å². The Balaban J connectivity index is 1.65. The Morgan fingerprint density at radius 3 is 2.03 bits per heavy atom. The predicted octanol–water partition coefficient (Wildman–Crippen LogP) is 4.04. The summed E-state index contributed by atoms with van der Waals surface area (Å²) in [4.78, 5) is 36.1. The number of carbonyl (C=O) groups is 3. The molecule has 3 aromatic rings. The van der Waals surface area contributed by atoms with Crippen molar-refractivity contribution in [3.8, 4) is 5.75 Å². The second kappa shape index (κ2) is 11.5. The third-order valence-electron chi connectivity index (χ3n) is 4.93. The van der Waals surface area contributed by atoms with E-state index in [1.165, 1.54) is 0 Å². The van der Waals surface area contributed by atoms with Crippen LogP contribution in [0.25, 0.3) is 0 Å². The first kappa shape index (κ1) is 22.7. The van der Waals surface area contributed by atoms with Crippen molar-refractivity contribution in [1.29, 1.82) is 0 Å². The number of amides is 1. The van der Waals surface area contributed by atoms with Crippen LogP contribution in [0.3, 0.4) is 0 Å². The number of carboxylic acid groups (broad SMARTS) is 1. The van der Waals surface area contributed by atoms with E-state index < -0.39 is 12.0 Å². The Labute approximate surface area is 186 Å². The number of aliphatic carboxylic acids is 1. The van der Waals surface area contributed by atoms with Crippen molar-refractivity contribution in [1.82, 2.24) is 5.32 Å². The molecule has 0 spiro atoms. The molecule has 6 nitrogen and oxygen atoms in total. The minimum Gasteiger partial charge on any atom is -0.489 e. The van der Waals surface area contributed by atoms with Crippen LogP contribution in [0.5, 0.6) is 5.75 Å². The van der Waals surface area contributed by atoms with Crippen LogP contribution in [-0.2, 0) is 22.6 Å². The smallest absolute Gasteiger partial charge is 0.303 e. The van der Waals surface area contributed by atoms with Crippen molar-refractivity contribution in [3.63, 3.8) is 0 Å². The molecule has 0 aliphatic heterocycles. The molecule has 0 aliphatic carbocycles. The number of hydrogen-bond donors (Lipinski definition) is 2. The van der Waals surface area contributed by atoms with Crippen LogP contribution in [0.4, 0.5) is 0 Å². The Morgan fingerprint density at radius 1 is 0.781 bits per heavy atom. The van der Waals surface area contributed by atoms with Crippen LogP contribution >= 0.6 is 0 Å². The Bertz CT molecular complexity index is 1030. The largest absolute Gasteiger partial charge is 0.489 e. The molecule has 3 rings (SSSR count). The van der Waals surface area contributed by atoms with Crippen LogP contribution in [0.2, 0.25) is 0 Å². The van der Waals surface area contributed by atoms with E-state index in [0.717, 1.165) is 11.1 Å². The number of ketones is 1. The number of ether oxygens (including phenoxy) is 1. The van der Waals surface area contributed by atoms with E-state index in [1.807, 2.05) is 54.6 Å². The van der Waals surface area contributed by atoms with Crippen molar-refractivity contribution in [2.75, 3.05) is 0 Å². The number of hydrogen-bond acceptors (Lipinski definition) is 4. The number of carbonyl (C=O) groups excluding carboxylic acids is 2. The molecule has 1 atom stereocenters. The van der Waals surface area contributed by atoms with Gasteiger partial charge < -0.3 is 15.2 Å². The molecule has 6 heteroatoms. The number of nitrogens with one attached hydrogen (secondary N) is 1. The van der Waals surface area contributed by atoms with Gasteiger partial charge in [0.25, 0.3) is 5.91 Å². The predicted molar refractivity (Wildman–Crippen MR) is 120 cm³/mol. The maximum Gasteiger partial charge on any atom is 0.303 e. The highest BCUT2D eigenvalue weighted by molar-refractivity contribution is 5.98. The van der Waals surface area contributed by atoms with Gasteiger partial charge in [0.1, 0.15) is 12.4 Å². The van der Waals surface area contributed by atoms with Gasteiger partial charge >= 0.3 is 5.97 Å². The fourth-order valence-electron chi connectivity index (χ4n) is 3.18. The van der Waals surface area contributed by atoms with Gasteiger partial charge in [-0.3, -0.25) is 14.4 Å². The van der Waals surface area contributed by atoms with Gasteiger partial charge in [-0.2, -0.15) is 0 Å². The molecule has 0 fully saturated rings. The van der Waals surface area contributed by atoms with E-state index in [0.29, 0.717) is 17.9 Å². The third-order valence-corrected chi connectivity index (χ3v) is 4.93. The van der Waals surface area contributed by atoms with E-state index in [9.17, 15) is 14.4 Å². The van der Waals surface area contributed by atoms with Gasteiger partial charge in [0.2, 0.25) is 0 Å². The van der Waals surface area contributed by atoms with Crippen LogP contribution in [0.15, 0.2) is 84.9 Å². The Hall–Kier alpha value is -3.93. The third kappa shape index (κ3) is 7.09. The molecule has 1 unspecified atom stereocenters. The lowest BCUT2D eigenvalue weighted by molar-refractivity contribution is -0.138. The summed E-state index contributed by atoms with van der Waals surface area (Å²) >= 11 is 0. The molecule has 0 heterocycles. The Kier molecular flexibility index (Phi) is 8.15. The molecular weight excluding hydrogens is 406 g/mol. The van der Waals surface area contributed by atoms with Crippen molar-refractivity contribution in [2.24, 2.45) is 0 Å². The summed E-state index contributed by atoms with van der Waals surface area (Å²) < 4.78 is 5.78.